The lowest BCUT2D eigenvalue weighted by molar-refractivity contribution is 0.0530. The van der Waals surface area contributed by atoms with Crippen LogP contribution in [0.1, 0.15) is 31.1 Å². The molecule has 2 heterocycles. The number of carbonyl (C=O) groups excluding carboxylic acids is 2. The molecule has 2 amide bonds. The molecule has 27 heavy (non-hydrogen) atoms. The number of rotatable bonds is 5. The summed E-state index contributed by atoms with van der Waals surface area (Å²) in [5.41, 5.74) is 6.71. The number of aromatic amines is 1. The van der Waals surface area contributed by atoms with E-state index in [1.54, 1.807) is 39.0 Å². The summed E-state index contributed by atoms with van der Waals surface area (Å²) in [6.07, 6.45) is 0.964. The first-order valence-electron chi connectivity index (χ1n) is 8.51. The molecular weight excluding hydrogens is 348 g/mol. The van der Waals surface area contributed by atoms with Gasteiger partial charge >= 0.3 is 6.09 Å². The van der Waals surface area contributed by atoms with Crippen molar-refractivity contribution >= 4 is 39.8 Å². The summed E-state index contributed by atoms with van der Waals surface area (Å²) in [6, 6.07) is 5.15. The molecule has 0 fully saturated rings. The summed E-state index contributed by atoms with van der Waals surface area (Å²) in [7, 11) is 0. The lowest BCUT2D eigenvalue weighted by atomic mass is 10.1. The van der Waals surface area contributed by atoms with Crippen molar-refractivity contribution in [3.05, 3.63) is 30.1 Å². The molecule has 0 aliphatic rings. The fourth-order valence-electron chi connectivity index (χ4n) is 2.67. The van der Waals surface area contributed by atoms with Gasteiger partial charge in [-0.15, -0.1) is 0 Å². The first kappa shape index (κ1) is 18.4. The predicted octanol–water partition coefficient (Wildman–Crippen LogP) is 2.15. The third-order valence-electron chi connectivity index (χ3n) is 3.76. The Morgan fingerprint density at radius 3 is 2.70 bits per heavy atom. The number of carbonyl (C=O) groups is 2. The van der Waals surface area contributed by atoms with E-state index in [-0.39, 0.29) is 0 Å². The highest BCUT2D eigenvalue weighted by Gasteiger charge is 2.16. The molecule has 0 unspecified atom stereocenters. The van der Waals surface area contributed by atoms with Gasteiger partial charge in [0.05, 0.1) is 5.39 Å². The van der Waals surface area contributed by atoms with Crippen molar-refractivity contribution in [3.8, 4) is 0 Å². The van der Waals surface area contributed by atoms with Gasteiger partial charge in [-0.25, -0.2) is 14.8 Å². The van der Waals surface area contributed by atoms with Gasteiger partial charge in [-0.05, 0) is 39.0 Å². The second-order valence-electron chi connectivity index (χ2n) is 7.05. The Morgan fingerprint density at radius 1 is 1.22 bits per heavy atom. The first-order chi connectivity index (χ1) is 12.7. The maximum absolute atomic E-state index is 11.7. The average molecular weight is 370 g/mol. The molecule has 9 nitrogen and oxygen atoms in total. The molecule has 0 bridgehead atoms. The number of aromatic nitrogens is 3. The zero-order chi connectivity index (χ0) is 19.6. The Hall–Kier alpha value is -3.36. The second-order valence-corrected chi connectivity index (χ2v) is 7.05. The molecule has 5 N–H and O–H groups in total. The maximum Gasteiger partial charge on any atom is 0.407 e. The monoisotopic (exact) mass is 370 g/mol. The fraction of sp³-hybridized carbons (Fsp3) is 0.333. The highest BCUT2D eigenvalue weighted by molar-refractivity contribution is 6.12. The average Bonchev–Trinajstić information content (AvgIpc) is 2.95. The fourth-order valence-corrected chi connectivity index (χ4v) is 2.67. The van der Waals surface area contributed by atoms with Crippen LogP contribution in [0.3, 0.4) is 0 Å². The molecule has 3 aromatic rings. The Bertz CT molecular complexity index is 1010. The van der Waals surface area contributed by atoms with Crippen LogP contribution in [-0.4, -0.2) is 45.6 Å². The molecule has 3 rings (SSSR count). The number of amides is 2. The lowest BCUT2D eigenvalue weighted by Gasteiger charge is -2.19. The zero-order valence-corrected chi connectivity index (χ0v) is 15.4. The SMILES string of the molecule is CC(C)(C)OC(=O)NCCNc1ncnc2[nH]c3ccc(C(N)=O)cc3c12. The second kappa shape index (κ2) is 7.10. The van der Waals surface area contributed by atoms with E-state index in [9.17, 15) is 9.59 Å². The summed E-state index contributed by atoms with van der Waals surface area (Å²) in [5.74, 6) is 0.0954. The summed E-state index contributed by atoms with van der Waals surface area (Å²) >= 11 is 0. The van der Waals surface area contributed by atoms with Crippen molar-refractivity contribution in [3.63, 3.8) is 0 Å². The molecule has 0 spiro atoms. The van der Waals surface area contributed by atoms with Gasteiger partial charge in [-0.1, -0.05) is 0 Å². The van der Waals surface area contributed by atoms with Crippen LogP contribution in [0.4, 0.5) is 10.6 Å². The minimum atomic E-state index is -0.543. The van der Waals surface area contributed by atoms with E-state index in [1.807, 2.05) is 0 Å². The van der Waals surface area contributed by atoms with E-state index in [0.717, 1.165) is 16.3 Å². The number of H-pyrrole nitrogens is 1. The number of nitrogens with two attached hydrogens (primary N) is 1. The van der Waals surface area contributed by atoms with E-state index in [0.29, 0.717) is 30.1 Å². The molecular formula is C18H22N6O3. The van der Waals surface area contributed by atoms with Gasteiger partial charge in [0.15, 0.2) is 0 Å². The topological polar surface area (TPSA) is 135 Å². The highest BCUT2D eigenvalue weighted by atomic mass is 16.6. The van der Waals surface area contributed by atoms with E-state index in [2.05, 4.69) is 25.6 Å². The van der Waals surface area contributed by atoms with Crippen molar-refractivity contribution in [2.24, 2.45) is 5.73 Å². The molecule has 0 saturated heterocycles. The molecule has 1 aromatic carbocycles. The zero-order valence-electron chi connectivity index (χ0n) is 15.4. The molecule has 2 aromatic heterocycles. The van der Waals surface area contributed by atoms with E-state index < -0.39 is 17.6 Å². The largest absolute Gasteiger partial charge is 0.444 e. The van der Waals surface area contributed by atoms with Crippen LogP contribution in [0.2, 0.25) is 0 Å². The highest BCUT2D eigenvalue weighted by Crippen LogP contribution is 2.29. The van der Waals surface area contributed by atoms with Crippen molar-refractivity contribution in [1.82, 2.24) is 20.3 Å². The summed E-state index contributed by atoms with van der Waals surface area (Å²) < 4.78 is 5.19. The predicted molar refractivity (Wildman–Crippen MR) is 103 cm³/mol. The molecule has 9 heteroatoms. The Morgan fingerprint density at radius 2 is 2.00 bits per heavy atom. The van der Waals surface area contributed by atoms with E-state index >= 15 is 0 Å². The normalized spacial score (nSPS) is 11.5. The van der Waals surface area contributed by atoms with Gasteiger partial charge in [0.2, 0.25) is 5.91 Å². The van der Waals surface area contributed by atoms with Crippen LogP contribution in [0, 0.1) is 0 Å². The molecule has 0 saturated carbocycles. The van der Waals surface area contributed by atoms with Crippen LogP contribution >= 0.6 is 0 Å². The quantitative estimate of drug-likeness (QED) is 0.508. The third kappa shape index (κ3) is 4.25. The number of nitrogens with zero attached hydrogens (tertiary/aromatic N) is 2. The lowest BCUT2D eigenvalue weighted by Crippen LogP contribution is -2.35. The number of alkyl carbamates (subject to hydrolysis) is 1. The van der Waals surface area contributed by atoms with Crippen molar-refractivity contribution in [2.45, 2.75) is 26.4 Å². The maximum atomic E-state index is 11.7. The Balaban J connectivity index is 1.76. The van der Waals surface area contributed by atoms with Gasteiger partial charge in [-0.2, -0.15) is 0 Å². The smallest absolute Gasteiger partial charge is 0.407 e. The van der Waals surface area contributed by atoms with Gasteiger partial charge in [0, 0.05) is 29.6 Å². The number of anilines is 1. The molecule has 0 aliphatic heterocycles. The number of nitrogens with one attached hydrogen (secondary N) is 3. The minimum Gasteiger partial charge on any atom is -0.444 e. The molecule has 0 radical (unpaired) electrons. The van der Waals surface area contributed by atoms with Crippen LogP contribution in [0.15, 0.2) is 24.5 Å². The number of benzene rings is 1. The number of primary amides is 1. The van der Waals surface area contributed by atoms with Crippen LogP contribution in [-0.2, 0) is 4.74 Å². The summed E-state index contributed by atoms with van der Waals surface area (Å²) in [6.45, 7) is 6.21. The van der Waals surface area contributed by atoms with Gasteiger partial charge in [0.1, 0.15) is 23.4 Å². The van der Waals surface area contributed by atoms with Crippen LogP contribution < -0.4 is 16.4 Å². The molecule has 142 valence electrons. The molecule has 0 aliphatic carbocycles. The third-order valence-corrected chi connectivity index (χ3v) is 3.76. The first-order valence-corrected chi connectivity index (χ1v) is 8.51. The summed E-state index contributed by atoms with van der Waals surface area (Å²) in [5, 5.41) is 7.40. The molecule has 0 atom stereocenters. The Kier molecular flexibility index (Phi) is 4.85. The van der Waals surface area contributed by atoms with E-state index in [1.165, 1.54) is 6.33 Å². The summed E-state index contributed by atoms with van der Waals surface area (Å²) in [4.78, 5) is 34.9. The van der Waals surface area contributed by atoms with Crippen molar-refractivity contribution in [1.29, 1.82) is 0 Å². The van der Waals surface area contributed by atoms with Gasteiger partial charge in [-0.3, -0.25) is 4.79 Å². The number of ether oxygens (including phenoxy) is 1. The number of hydrogen-bond donors (Lipinski definition) is 4. The number of fused-ring (bicyclic) bond motifs is 3. The van der Waals surface area contributed by atoms with Gasteiger partial charge in [0.25, 0.3) is 0 Å². The van der Waals surface area contributed by atoms with Gasteiger partial charge < -0.3 is 26.1 Å². The van der Waals surface area contributed by atoms with Crippen LogP contribution in [0.5, 0.6) is 0 Å². The number of hydrogen-bond acceptors (Lipinski definition) is 6. The minimum absolute atomic E-state index is 0.356. The van der Waals surface area contributed by atoms with Crippen molar-refractivity contribution < 1.29 is 14.3 Å². The van der Waals surface area contributed by atoms with Crippen molar-refractivity contribution in [2.75, 3.05) is 18.4 Å². The standard InChI is InChI=1S/C18H22N6O3/c1-18(2,3)27-17(26)21-7-6-20-15-13-11-8-10(14(19)25)4-5-12(11)24-16(13)23-9-22-15/h4-5,8-9H,6-7H2,1-3H3,(H2,19,25)(H,21,26)(H2,20,22,23,24). The van der Waals surface area contributed by atoms with Crippen LogP contribution in [0.25, 0.3) is 21.9 Å². The Labute approximate surface area is 155 Å². The van der Waals surface area contributed by atoms with E-state index in [4.69, 9.17) is 10.5 Å².